The topological polar surface area (TPSA) is 46.2 Å². The van der Waals surface area contributed by atoms with Crippen LogP contribution in [-0.4, -0.2) is 11.1 Å². The molecule has 0 aliphatic heterocycles. The highest BCUT2D eigenvalue weighted by Crippen LogP contribution is 2.25. The van der Waals surface area contributed by atoms with Crippen molar-refractivity contribution in [1.82, 2.24) is 0 Å². The van der Waals surface area contributed by atoms with Crippen molar-refractivity contribution in [2.45, 2.75) is 31.9 Å². The van der Waals surface area contributed by atoms with Crippen LogP contribution in [0.15, 0.2) is 24.3 Å². The zero-order chi connectivity index (χ0) is 10.6. The molecule has 14 heavy (non-hydrogen) atoms. The molecular formula is C11H16ClNO. The van der Waals surface area contributed by atoms with Crippen molar-refractivity contribution in [2.24, 2.45) is 5.73 Å². The zero-order valence-corrected chi connectivity index (χ0v) is 9.04. The lowest BCUT2D eigenvalue weighted by molar-refractivity contribution is 0.142. The van der Waals surface area contributed by atoms with E-state index in [0.29, 0.717) is 5.02 Å². The van der Waals surface area contributed by atoms with Gasteiger partial charge < -0.3 is 10.8 Å². The number of hydrogen-bond acceptors (Lipinski definition) is 2. The summed E-state index contributed by atoms with van der Waals surface area (Å²) in [5.74, 6) is 0. The molecule has 0 saturated carbocycles. The molecule has 0 fully saturated rings. The molecule has 1 aromatic carbocycles. The Morgan fingerprint density at radius 3 is 2.64 bits per heavy atom. The molecule has 2 nitrogen and oxygen atoms in total. The fourth-order valence-electron chi connectivity index (χ4n) is 1.44. The van der Waals surface area contributed by atoms with Crippen LogP contribution in [0.3, 0.4) is 0 Å². The van der Waals surface area contributed by atoms with E-state index in [2.05, 4.69) is 0 Å². The summed E-state index contributed by atoms with van der Waals surface area (Å²) in [6.45, 7) is 2.04. The van der Waals surface area contributed by atoms with Crippen molar-refractivity contribution < 1.29 is 5.11 Å². The van der Waals surface area contributed by atoms with E-state index < -0.39 is 6.10 Å². The summed E-state index contributed by atoms with van der Waals surface area (Å²) in [5, 5.41) is 10.5. The van der Waals surface area contributed by atoms with Crippen molar-refractivity contribution in [3.8, 4) is 0 Å². The molecule has 1 aromatic rings. The predicted molar refractivity (Wildman–Crippen MR) is 59.3 cm³/mol. The van der Waals surface area contributed by atoms with Gasteiger partial charge in [-0.25, -0.2) is 0 Å². The monoisotopic (exact) mass is 213 g/mol. The minimum atomic E-state index is -0.663. The van der Waals surface area contributed by atoms with Crippen LogP contribution in [0.5, 0.6) is 0 Å². The zero-order valence-electron chi connectivity index (χ0n) is 8.28. The van der Waals surface area contributed by atoms with Crippen molar-refractivity contribution in [3.63, 3.8) is 0 Å². The Hall–Kier alpha value is -0.570. The first-order chi connectivity index (χ1) is 6.66. The quantitative estimate of drug-likeness (QED) is 0.808. The van der Waals surface area contributed by atoms with E-state index in [1.807, 2.05) is 25.1 Å². The first-order valence-corrected chi connectivity index (χ1v) is 5.22. The molecule has 0 amide bonds. The maximum atomic E-state index is 9.89. The van der Waals surface area contributed by atoms with Gasteiger partial charge in [0, 0.05) is 16.6 Å². The molecule has 3 heteroatoms. The normalized spacial score (nSPS) is 15.1. The van der Waals surface area contributed by atoms with Gasteiger partial charge in [0.05, 0.1) is 6.10 Å². The molecule has 0 saturated heterocycles. The lowest BCUT2D eigenvalue weighted by Crippen LogP contribution is -2.28. The van der Waals surface area contributed by atoms with Crippen LogP contribution in [0, 0.1) is 0 Å². The highest BCUT2D eigenvalue weighted by Gasteiger charge is 2.17. The molecule has 0 bridgehead atoms. The second-order valence-electron chi connectivity index (χ2n) is 3.42. The standard InChI is InChI=1S/C11H16ClNO/c1-2-5-10(13)11(14)8-6-3-4-7-9(8)12/h3-4,6-7,10-11,14H,2,5,13H2,1H3. The van der Waals surface area contributed by atoms with E-state index in [-0.39, 0.29) is 6.04 Å². The number of aliphatic hydroxyl groups excluding tert-OH is 1. The first-order valence-electron chi connectivity index (χ1n) is 4.85. The molecule has 2 atom stereocenters. The van der Waals surface area contributed by atoms with E-state index in [0.717, 1.165) is 18.4 Å². The number of halogens is 1. The number of nitrogens with two attached hydrogens (primary N) is 1. The fourth-order valence-corrected chi connectivity index (χ4v) is 1.68. The van der Waals surface area contributed by atoms with E-state index in [1.165, 1.54) is 0 Å². The largest absolute Gasteiger partial charge is 0.387 e. The van der Waals surface area contributed by atoms with Gasteiger partial charge in [-0.1, -0.05) is 43.1 Å². The van der Waals surface area contributed by atoms with Gasteiger partial charge in [-0.3, -0.25) is 0 Å². The second-order valence-corrected chi connectivity index (χ2v) is 3.83. The van der Waals surface area contributed by atoms with Gasteiger partial charge >= 0.3 is 0 Å². The van der Waals surface area contributed by atoms with Gasteiger partial charge in [0.25, 0.3) is 0 Å². The minimum Gasteiger partial charge on any atom is -0.387 e. The molecular weight excluding hydrogens is 198 g/mol. The lowest BCUT2D eigenvalue weighted by atomic mass is 9.99. The minimum absolute atomic E-state index is 0.236. The number of aliphatic hydroxyl groups is 1. The third-order valence-electron chi connectivity index (χ3n) is 2.25. The summed E-state index contributed by atoms with van der Waals surface area (Å²) in [5.41, 5.74) is 6.54. The summed E-state index contributed by atoms with van der Waals surface area (Å²) < 4.78 is 0. The van der Waals surface area contributed by atoms with E-state index in [1.54, 1.807) is 6.07 Å². The smallest absolute Gasteiger partial charge is 0.0955 e. The van der Waals surface area contributed by atoms with Gasteiger partial charge in [-0.05, 0) is 12.5 Å². The molecule has 1 rings (SSSR count). The molecule has 2 unspecified atom stereocenters. The van der Waals surface area contributed by atoms with E-state index in [9.17, 15) is 5.11 Å². The highest BCUT2D eigenvalue weighted by atomic mass is 35.5. The van der Waals surface area contributed by atoms with Crippen LogP contribution in [0.1, 0.15) is 31.4 Å². The van der Waals surface area contributed by atoms with Crippen LogP contribution in [0.4, 0.5) is 0 Å². The molecule has 0 spiro atoms. The summed E-state index contributed by atoms with van der Waals surface area (Å²) in [7, 11) is 0. The second kappa shape index (κ2) is 5.35. The van der Waals surface area contributed by atoms with Crippen LogP contribution in [0.2, 0.25) is 5.02 Å². The van der Waals surface area contributed by atoms with Gasteiger partial charge in [0.1, 0.15) is 0 Å². The Labute approximate surface area is 89.7 Å². The number of rotatable bonds is 4. The van der Waals surface area contributed by atoms with E-state index in [4.69, 9.17) is 17.3 Å². The lowest BCUT2D eigenvalue weighted by Gasteiger charge is -2.19. The Bertz CT molecular complexity index is 290. The van der Waals surface area contributed by atoms with Crippen LogP contribution in [0.25, 0.3) is 0 Å². The predicted octanol–water partition coefficient (Wildman–Crippen LogP) is 2.50. The SMILES string of the molecule is CCCC(N)C(O)c1ccccc1Cl. The Morgan fingerprint density at radius 2 is 2.07 bits per heavy atom. The van der Waals surface area contributed by atoms with Gasteiger partial charge in [0.2, 0.25) is 0 Å². The summed E-state index contributed by atoms with van der Waals surface area (Å²) in [6, 6.07) is 7.02. The number of hydrogen-bond donors (Lipinski definition) is 2. The Balaban J connectivity index is 2.78. The number of benzene rings is 1. The van der Waals surface area contributed by atoms with Crippen molar-refractivity contribution in [2.75, 3.05) is 0 Å². The van der Waals surface area contributed by atoms with Crippen molar-refractivity contribution in [3.05, 3.63) is 34.9 Å². The van der Waals surface area contributed by atoms with Crippen LogP contribution in [-0.2, 0) is 0 Å². The third-order valence-corrected chi connectivity index (χ3v) is 2.60. The van der Waals surface area contributed by atoms with Crippen molar-refractivity contribution >= 4 is 11.6 Å². The van der Waals surface area contributed by atoms with Gasteiger partial charge in [-0.2, -0.15) is 0 Å². The summed E-state index contributed by atoms with van der Waals surface area (Å²) >= 11 is 5.95. The van der Waals surface area contributed by atoms with Gasteiger partial charge in [0.15, 0.2) is 0 Å². The maximum Gasteiger partial charge on any atom is 0.0955 e. The molecule has 0 aromatic heterocycles. The first kappa shape index (κ1) is 11.5. The van der Waals surface area contributed by atoms with E-state index >= 15 is 0 Å². The van der Waals surface area contributed by atoms with Crippen LogP contribution < -0.4 is 5.73 Å². The summed E-state index contributed by atoms with van der Waals surface area (Å²) in [6.07, 6.45) is 1.10. The molecule has 0 aliphatic rings. The molecule has 0 radical (unpaired) electrons. The average molecular weight is 214 g/mol. The molecule has 78 valence electrons. The Kier molecular flexibility index (Phi) is 4.39. The van der Waals surface area contributed by atoms with Crippen LogP contribution >= 0.6 is 11.6 Å². The molecule has 0 aliphatic carbocycles. The highest BCUT2D eigenvalue weighted by molar-refractivity contribution is 6.31. The van der Waals surface area contributed by atoms with Gasteiger partial charge in [-0.15, -0.1) is 0 Å². The molecule has 0 heterocycles. The average Bonchev–Trinajstić information content (AvgIpc) is 2.18. The maximum absolute atomic E-state index is 9.89. The molecule has 3 N–H and O–H groups in total. The summed E-state index contributed by atoms with van der Waals surface area (Å²) in [4.78, 5) is 0. The fraction of sp³-hybridized carbons (Fsp3) is 0.455. The third kappa shape index (κ3) is 2.71. The Morgan fingerprint density at radius 1 is 1.43 bits per heavy atom. The van der Waals surface area contributed by atoms with Crippen molar-refractivity contribution in [1.29, 1.82) is 0 Å².